The standard InChI is InChI=1S/C15H19N3O/c1-3-13(11-8-9-11)17-14-7-5-4-6-12(14)15-16-10(2)18-19-15/h4-7,11,13,17H,3,8-9H2,1-2H3. The number of anilines is 1. The number of hydrogen-bond acceptors (Lipinski definition) is 4. The van der Waals surface area contributed by atoms with Gasteiger partial charge in [0.2, 0.25) is 0 Å². The van der Waals surface area contributed by atoms with Crippen LogP contribution in [0.25, 0.3) is 11.5 Å². The zero-order valence-electron chi connectivity index (χ0n) is 11.4. The zero-order valence-corrected chi connectivity index (χ0v) is 11.4. The third kappa shape index (κ3) is 2.62. The van der Waals surface area contributed by atoms with Crippen LogP contribution in [0.4, 0.5) is 5.69 Å². The molecule has 0 spiro atoms. The van der Waals surface area contributed by atoms with Crippen molar-refractivity contribution >= 4 is 5.69 Å². The number of hydrogen-bond donors (Lipinski definition) is 1. The third-order valence-corrected chi connectivity index (χ3v) is 3.66. The summed E-state index contributed by atoms with van der Waals surface area (Å²) in [5, 5.41) is 7.51. The van der Waals surface area contributed by atoms with Gasteiger partial charge in [-0.15, -0.1) is 0 Å². The number of para-hydroxylation sites is 1. The summed E-state index contributed by atoms with van der Waals surface area (Å²) < 4.78 is 5.28. The maximum Gasteiger partial charge on any atom is 0.260 e. The fourth-order valence-electron chi connectivity index (χ4n) is 2.45. The summed E-state index contributed by atoms with van der Waals surface area (Å²) in [6.45, 7) is 4.07. The Labute approximate surface area is 113 Å². The Morgan fingerprint density at radius 2 is 2.16 bits per heavy atom. The van der Waals surface area contributed by atoms with Crippen LogP contribution in [0.5, 0.6) is 0 Å². The summed E-state index contributed by atoms with van der Waals surface area (Å²) in [5.41, 5.74) is 2.08. The maximum atomic E-state index is 5.28. The van der Waals surface area contributed by atoms with Gasteiger partial charge in [0, 0.05) is 11.7 Å². The Bertz CT molecular complexity index is 560. The molecule has 1 atom stereocenters. The van der Waals surface area contributed by atoms with Gasteiger partial charge in [0.25, 0.3) is 5.89 Å². The van der Waals surface area contributed by atoms with Crippen molar-refractivity contribution in [3.05, 3.63) is 30.1 Å². The van der Waals surface area contributed by atoms with E-state index in [4.69, 9.17) is 4.52 Å². The molecule has 4 nitrogen and oxygen atoms in total. The molecule has 1 aromatic heterocycles. The summed E-state index contributed by atoms with van der Waals surface area (Å²) in [4.78, 5) is 4.32. The highest BCUT2D eigenvalue weighted by Crippen LogP contribution is 2.37. The van der Waals surface area contributed by atoms with Gasteiger partial charge in [-0.2, -0.15) is 4.98 Å². The molecule has 1 saturated carbocycles. The molecule has 0 radical (unpaired) electrons. The van der Waals surface area contributed by atoms with E-state index in [9.17, 15) is 0 Å². The van der Waals surface area contributed by atoms with Gasteiger partial charge in [0.15, 0.2) is 5.82 Å². The normalized spacial score (nSPS) is 16.3. The van der Waals surface area contributed by atoms with Crippen molar-refractivity contribution < 1.29 is 4.52 Å². The van der Waals surface area contributed by atoms with Crippen LogP contribution in [0.3, 0.4) is 0 Å². The van der Waals surface area contributed by atoms with Crippen molar-refractivity contribution in [2.75, 3.05) is 5.32 Å². The first-order valence-electron chi connectivity index (χ1n) is 6.94. The fraction of sp³-hybridized carbons (Fsp3) is 0.467. The SMILES string of the molecule is CCC(Nc1ccccc1-c1nc(C)no1)C1CC1. The van der Waals surface area contributed by atoms with Crippen molar-refractivity contribution in [1.82, 2.24) is 10.1 Å². The molecule has 1 heterocycles. The second kappa shape index (κ2) is 5.03. The lowest BCUT2D eigenvalue weighted by Crippen LogP contribution is -2.21. The van der Waals surface area contributed by atoms with Crippen molar-refractivity contribution in [2.24, 2.45) is 5.92 Å². The molecule has 0 saturated heterocycles. The van der Waals surface area contributed by atoms with Crippen LogP contribution in [-0.2, 0) is 0 Å². The molecule has 0 amide bonds. The van der Waals surface area contributed by atoms with Gasteiger partial charge < -0.3 is 9.84 Å². The highest BCUT2D eigenvalue weighted by Gasteiger charge is 2.30. The number of rotatable bonds is 5. The minimum absolute atomic E-state index is 0.546. The first kappa shape index (κ1) is 12.2. The Morgan fingerprint density at radius 3 is 2.79 bits per heavy atom. The molecule has 19 heavy (non-hydrogen) atoms. The topological polar surface area (TPSA) is 51.0 Å². The van der Waals surface area contributed by atoms with Gasteiger partial charge in [0.1, 0.15) is 0 Å². The summed E-state index contributed by atoms with van der Waals surface area (Å²) in [5.74, 6) is 2.08. The lowest BCUT2D eigenvalue weighted by Gasteiger charge is -2.19. The molecular formula is C15H19N3O. The first-order valence-corrected chi connectivity index (χ1v) is 6.94. The molecule has 1 aromatic carbocycles. The number of aromatic nitrogens is 2. The molecule has 3 rings (SSSR count). The predicted octanol–water partition coefficient (Wildman–Crippen LogP) is 3.65. The van der Waals surface area contributed by atoms with Crippen LogP contribution in [0.15, 0.2) is 28.8 Å². The van der Waals surface area contributed by atoms with Gasteiger partial charge in [-0.25, -0.2) is 0 Å². The van der Waals surface area contributed by atoms with Crippen LogP contribution >= 0.6 is 0 Å². The fourth-order valence-corrected chi connectivity index (χ4v) is 2.45. The van der Waals surface area contributed by atoms with Gasteiger partial charge in [-0.05, 0) is 44.2 Å². The highest BCUT2D eigenvalue weighted by molar-refractivity contribution is 5.72. The number of aryl methyl sites for hydroxylation is 1. The van der Waals surface area contributed by atoms with Crippen molar-refractivity contribution in [3.8, 4) is 11.5 Å². The van der Waals surface area contributed by atoms with Crippen molar-refractivity contribution in [3.63, 3.8) is 0 Å². The molecule has 2 aromatic rings. The summed E-state index contributed by atoms with van der Waals surface area (Å²) in [6.07, 6.45) is 3.82. The van der Waals surface area contributed by atoms with E-state index in [-0.39, 0.29) is 0 Å². The average Bonchev–Trinajstić information content (AvgIpc) is 3.18. The van der Waals surface area contributed by atoms with Crippen LogP contribution < -0.4 is 5.32 Å². The zero-order chi connectivity index (χ0) is 13.2. The molecule has 1 fully saturated rings. The van der Waals surface area contributed by atoms with Gasteiger partial charge >= 0.3 is 0 Å². The van der Waals surface area contributed by atoms with E-state index in [0.29, 0.717) is 17.8 Å². The summed E-state index contributed by atoms with van der Waals surface area (Å²) in [7, 11) is 0. The maximum absolute atomic E-state index is 5.28. The van der Waals surface area contributed by atoms with E-state index in [1.165, 1.54) is 12.8 Å². The van der Waals surface area contributed by atoms with Crippen LogP contribution in [0.1, 0.15) is 32.0 Å². The van der Waals surface area contributed by atoms with E-state index >= 15 is 0 Å². The molecule has 100 valence electrons. The second-order valence-corrected chi connectivity index (χ2v) is 5.19. The molecule has 1 unspecified atom stereocenters. The van der Waals surface area contributed by atoms with Gasteiger partial charge in [-0.3, -0.25) is 0 Å². The quantitative estimate of drug-likeness (QED) is 0.888. The monoisotopic (exact) mass is 257 g/mol. The van der Waals surface area contributed by atoms with E-state index in [0.717, 1.165) is 23.6 Å². The molecule has 1 aliphatic carbocycles. The van der Waals surface area contributed by atoms with Crippen molar-refractivity contribution in [2.45, 2.75) is 39.2 Å². The summed E-state index contributed by atoms with van der Waals surface area (Å²) in [6, 6.07) is 8.69. The summed E-state index contributed by atoms with van der Waals surface area (Å²) >= 11 is 0. The molecule has 0 aliphatic heterocycles. The minimum Gasteiger partial charge on any atom is -0.381 e. The van der Waals surface area contributed by atoms with E-state index in [1.54, 1.807) is 0 Å². The Hall–Kier alpha value is -1.84. The smallest absolute Gasteiger partial charge is 0.260 e. The molecule has 1 N–H and O–H groups in total. The van der Waals surface area contributed by atoms with Gasteiger partial charge in [-0.1, -0.05) is 24.2 Å². The van der Waals surface area contributed by atoms with E-state index in [2.05, 4.69) is 28.4 Å². The van der Waals surface area contributed by atoms with Crippen LogP contribution in [0, 0.1) is 12.8 Å². The minimum atomic E-state index is 0.546. The van der Waals surface area contributed by atoms with E-state index in [1.807, 2.05) is 25.1 Å². The second-order valence-electron chi connectivity index (χ2n) is 5.19. The van der Waals surface area contributed by atoms with Gasteiger partial charge in [0.05, 0.1) is 5.56 Å². The van der Waals surface area contributed by atoms with Crippen LogP contribution in [-0.4, -0.2) is 16.2 Å². The molecule has 1 aliphatic rings. The Kier molecular flexibility index (Phi) is 3.23. The number of nitrogens with one attached hydrogen (secondary N) is 1. The molecule has 0 bridgehead atoms. The largest absolute Gasteiger partial charge is 0.381 e. The average molecular weight is 257 g/mol. The van der Waals surface area contributed by atoms with E-state index < -0.39 is 0 Å². The predicted molar refractivity (Wildman–Crippen MR) is 74.9 cm³/mol. The highest BCUT2D eigenvalue weighted by atomic mass is 16.5. The lowest BCUT2D eigenvalue weighted by atomic mass is 10.1. The van der Waals surface area contributed by atoms with Crippen LogP contribution in [0.2, 0.25) is 0 Å². The number of nitrogens with zero attached hydrogens (tertiary/aromatic N) is 2. The first-order chi connectivity index (χ1) is 9.28. The Morgan fingerprint density at radius 1 is 1.37 bits per heavy atom. The van der Waals surface area contributed by atoms with Crippen molar-refractivity contribution in [1.29, 1.82) is 0 Å². The third-order valence-electron chi connectivity index (χ3n) is 3.66. The Balaban J connectivity index is 1.88. The molecule has 4 heteroatoms. The lowest BCUT2D eigenvalue weighted by molar-refractivity contribution is 0.425. The number of benzene rings is 1. The molecular weight excluding hydrogens is 238 g/mol.